The van der Waals surface area contributed by atoms with Gasteiger partial charge in [0.1, 0.15) is 0 Å². The topological polar surface area (TPSA) is 37.3 Å². The van der Waals surface area contributed by atoms with Crippen molar-refractivity contribution in [2.45, 2.75) is 77.6 Å². The Morgan fingerprint density at radius 1 is 1.16 bits per heavy atom. The first-order chi connectivity index (χ1) is 8.74. The van der Waals surface area contributed by atoms with Gasteiger partial charge in [-0.1, -0.05) is 64.7 Å². The second kappa shape index (κ2) is 12.4. The average molecular weight is 281 g/mol. The third-order valence-electron chi connectivity index (χ3n) is 4.42. The van der Waals surface area contributed by atoms with Crippen molar-refractivity contribution in [3.63, 3.8) is 0 Å². The van der Waals surface area contributed by atoms with Crippen LogP contribution in [-0.4, -0.2) is 11.1 Å². The maximum absolute atomic E-state index is 10.7. The molecule has 1 rings (SSSR count). The Balaban J connectivity index is 0. The van der Waals surface area contributed by atoms with Gasteiger partial charge in [0.05, 0.1) is 0 Å². The molecule has 108 valence electrons. The fourth-order valence-corrected chi connectivity index (χ4v) is 3.84. The predicted octanol–water partition coefficient (Wildman–Crippen LogP) is 2.39. The molecule has 1 N–H and O–H groups in total. The zero-order valence-corrected chi connectivity index (χ0v) is 13.8. The summed E-state index contributed by atoms with van der Waals surface area (Å²) in [7, 11) is -1.91. The Kier molecular flexibility index (Phi) is 12.8. The van der Waals surface area contributed by atoms with E-state index in [-0.39, 0.29) is 20.3 Å². The summed E-state index contributed by atoms with van der Waals surface area (Å²) < 4.78 is 10.7. The normalized spacial score (nSPS) is 18.7. The zero-order chi connectivity index (χ0) is 13.2. The summed E-state index contributed by atoms with van der Waals surface area (Å²) in [6, 6.07) is 0. The second-order valence-electron chi connectivity index (χ2n) is 5.87. The number of hydrogen-bond acceptors (Lipinski definition) is 1. The van der Waals surface area contributed by atoms with Crippen molar-refractivity contribution in [1.29, 1.82) is 0 Å². The monoisotopic (exact) mass is 281 g/mol. The summed E-state index contributed by atoms with van der Waals surface area (Å²) in [6.45, 7) is 2.27. The summed E-state index contributed by atoms with van der Waals surface area (Å²) in [5.41, 5.74) is 0. The molecule has 2 unspecified atom stereocenters. The van der Waals surface area contributed by atoms with E-state index in [1.54, 1.807) is 0 Å². The molecule has 1 aliphatic rings. The molecule has 0 heterocycles. The molecule has 2 atom stereocenters. The Morgan fingerprint density at radius 3 is 2.37 bits per heavy atom. The first-order valence-electron chi connectivity index (χ1n) is 7.87. The van der Waals surface area contributed by atoms with E-state index in [1.165, 1.54) is 57.8 Å². The molecule has 0 radical (unpaired) electrons. The van der Waals surface area contributed by atoms with Crippen LogP contribution >= 0.6 is 8.03 Å². The van der Waals surface area contributed by atoms with Gasteiger partial charge in [0.2, 0.25) is 0 Å². The number of unbranched alkanes of at least 4 members (excludes halogenated alkanes) is 2. The van der Waals surface area contributed by atoms with Gasteiger partial charge < -0.3 is 1.43 Å². The van der Waals surface area contributed by atoms with Crippen molar-refractivity contribution >= 4 is 8.03 Å². The van der Waals surface area contributed by atoms with Crippen LogP contribution in [-0.2, 0) is 4.57 Å². The summed E-state index contributed by atoms with van der Waals surface area (Å²) in [6.07, 6.45) is 15.0. The standard InChI is InChI=1S/C15H29O2P.Li.H/c1-2-3-9-14(12-7-8-13-18(16)17)15-10-5-4-6-11-15;;/h14-15H,2-13H2,1H3;;/q;+1;-1/p+1. The van der Waals surface area contributed by atoms with Gasteiger partial charge in [-0.25, -0.2) is 0 Å². The molecular weight excluding hydrogens is 250 g/mol. The molecule has 4 heteroatoms. The minimum atomic E-state index is -1.91. The molecule has 0 saturated heterocycles. The molecule has 0 aromatic carbocycles. The minimum absolute atomic E-state index is 0. The van der Waals surface area contributed by atoms with E-state index in [4.69, 9.17) is 4.89 Å². The van der Waals surface area contributed by atoms with E-state index < -0.39 is 8.03 Å². The van der Waals surface area contributed by atoms with Gasteiger partial charge in [-0.05, 0) is 29.2 Å². The molecule has 0 aromatic heterocycles. The average Bonchev–Trinajstić information content (AvgIpc) is 2.38. The summed E-state index contributed by atoms with van der Waals surface area (Å²) >= 11 is 0. The van der Waals surface area contributed by atoms with Crippen molar-refractivity contribution in [2.75, 3.05) is 6.16 Å². The van der Waals surface area contributed by atoms with Crippen LogP contribution in [0.1, 0.15) is 79.0 Å². The smallest absolute Gasteiger partial charge is 1.00 e. The first-order valence-corrected chi connectivity index (χ1v) is 9.27. The maximum Gasteiger partial charge on any atom is 1.00 e. The SMILES string of the molecule is CCCCC(CCCC[P+](=O)O)C1CCCCC1.[H-].[Li+]. The molecule has 1 fully saturated rings. The van der Waals surface area contributed by atoms with Gasteiger partial charge in [-0.3, -0.25) is 0 Å². The van der Waals surface area contributed by atoms with Crippen LogP contribution in [0.5, 0.6) is 0 Å². The second-order valence-corrected chi connectivity index (χ2v) is 7.02. The summed E-state index contributed by atoms with van der Waals surface area (Å²) in [5, 5.41) is 0. The zero-order valence-electron chi connectivity index (χ0n) is 13.9. The van der Waals surface area contributed by atoms with Gasteiger partial charge in [0.25, 0.3) is 0 Å². The summed E-state index contributed by atoms with van der Waals surface area (Å²) in [5.74, 6) is 1.84. The van der Waals surface area contributed by atoms with Crippen LogP contribution in [0.3, 0.4) is 0 Å². The van der Waals surface area contributed by atoms with E-state index in [2.05, 4.69) is 6.92 Å². The molecule has 2 nitrogen and oxygen atoms in total. The quantitative estimate of drug-likeness (QED) is 0.400. The molecular formula is C15H31LiO2P+. The molecule has 1 aliphatic carbocycles. The number of rotatable bonds is 9. The molecule has 0 aromatic rings. The molecule has 1 saturated carbocycles. The van der Waals surface area contributed by atoms with Gasteiger partial charge >= 0.3 is 26.9 Å². The van der Waals surface area contributed by atoms with E-state index in [0.29, 0.717) is 6.16 Å². The predicted molar refractivity (Wildman–Crippen MR) is 79.2 cm³/mol. The van der Waals surface area contributed by atoms with Crippen molar-refractivity contribution in [3.8, 4) is 0 Å². The van der Waals surface area contributed by atoms with Crippen LogP contribution in [0, 0.1) is 11.8 Å². The van der Waals surface area contributed by atoms with Crippen LogP contribution in [0.25, 0.3) is 0 Å². The van der Waals surface area contributed by atoms with E-state index in [0.717, 1.165) is 24.7 Å². The molecule has 0 bridgehead atoms. The number of hydrogen-bond donors (Lipinski definition) is 1. The van der Waals surface area contributed by atoms with Crippen LogP contribution in [0.2, 0.25) is 0 Å². The van der Waals surface area contributed by atoms with Crippen molar-refractivity contribution in [2.24, 2.45) is 11.8 Å². The van der Waals surface area contributed by atoms with Gasteiger partial charge in [-0.15, -0.1) is 0 Å². The van der Waals surface area contributed by atoms with Crippen molar-refractivity contribution < 1.29 is 29.7 Å². The van der Waals surface area contributed by atoms with E-state index in [1.807, 2.05) is 0 Å². The van der Waals surface area contributed by atoms with Crippen LogP contribution in [0.4, 0.5) is 0 Å². The molecule has 0 aliphatic heterocycles. The van der Waals surface area contributed by atoms with Gasteiger partial charge in [0, 0.05) is 0 Å². The largest absolute Gasteiger partial charge is 1.00 e. The molecule has 0 spiro atoms. The van der Waals surface area contributed by atoms with Crippen molar-refractivity contribution in [1.82, 2.24) is 0 Å². The van der Waals surface area contributed by atoms with E-state index in [9.17, 15) is 4.57 Å². The minimum Gasteiger partial charge on any atom is -1.00 e. The van der Waals surface area contributed by atoms with Gasteiger partial charge in [-0.2, -0.15) is 4.89 Å². The fraction of sp³-hybridized carbons (Fsp3) is 1.00. The first kappa shape index (κ1) is 19.7. The Hall–Kier alpha value is 0.657. The Morgan fingerprint density at radius 2 is 1.79 bits per heavy atom. The van der Waals surface area contributed by atoms with Crippen molar-refractivity contribution in [3.05, 3.63) is 0 Å². The Labute approximate surface area is 133 Å². The molecule has 19 heavy (non-hydrogen) atoms. The van der Waals surface area contributed by atoms with Crippen LogP contribution in [0.15, 0.2) is 0 Å². The Bertz CT molecular complexity index is 236. The third-order valence-corrected chi connectivity index (χ3v) is 5.12. The third kappa shape index (κ3) is 9.25. The molecule has 0 amide bonds. The maximum atomic E-state index is 10.7. The fourth-order valence-electron chi connectivity index (χ4n) is 3.34. The van der Waals surface area contributed by atoms with E-state index >= 15 is 0 Å². The summed E-state index contributed by atoms with van der Waals surface area (Å²) in [4.78, 5) is 8.82. The van der Waals surface area contributed by atoms with Gasteiger partial charge in [0.15, 0.2) is 6.16 Å². The van der Waals surface area contributed by atoms with Crippen LogP contribution < -0.4 is 18.9 Å².